The van der Waals surface area contributed by atoms with Crippen LogP contribution in [0.5, 0.6) is 0 Å². The summed E-state index contributed by atoms with van der Waals surface area (Å²) in [6.07, 6.45) is 0. The maximum absolute atomic E-state index is 6.28. The summed E-state index contributed by atoms with van der Waals surface area (Å²) in [6, 6.07) is 6.14. The molecule has 0 amide bonds. The third-order valence-corrected chi connectivity index (χ3v) is 3.85. The first-order valence-corrected chi connectivity index (χ1v) is 6.86. The number of rotatable bonds is 3. The van der Waals surface area contributed by atoms with Crippen molar-refractivity contribution in [3.63, 3.8) is 0 Å². The number of hydrogen-bond acceptors (Lipinski definition) is 3. The monoisotopic (exact) mass is 318 g/mol. The fourth-order valence-electron chi connectivity index (χ4n) is 2.13. The molecule has 94 valence electrons. The normalized spacial score (nSPS) is 19.2. The maximum Gasteiger partial charge on any atom is 0.0594 e. The van der Waals surface area contributed by atoms with Gasteiger partial charge >= 0.3 is 0 Å². The van der Waals surface area contributed by atoms with E-state index in [1.165, 1.54) is 0 Å². The zero-order chi connectivity index (χ0) is 12.3. The molecule has 3 nitrogen and oxygen atoms in total. The van der Waals surface area contributed by atoms with Crippen molar-refractivity contribution in [2.45, 2.75) is 6.04 Å². The fourth-order valence-corrected chi connectivity index (χ4v) is 2.93. The van der Waals surface area contributed by atoms with E-state index in [2.05, 4.69) is 20.8 Å². The highest BCUT2D eigenvalue weighted by atomic mass is 79.9. The Morgan fingerprint density at radius 1 is 1.41 bits per heavy atom. The van der Waals surface area contributed by atoms with Crippen molar-refractivity contribution < 1.29 is 4.74 Å². The molecule has 1 fully saturated rings. The summed E-state index contributed by atoms with van der Waals surface area (Å²) in [5.41, 5.74) is 6.99. The molecule has 1 heterocycles. The quantitative estimate of drug-likeness (QED) is 0.930. The predicted octanol–water partition coefficient (Wildman–Crippen LogP) is 2.43. The molecule has 1 aliphatic rings. The zero-order valence-corrected chi connectivity index (χ0v) is 11.9. The number of nitrogens with zero attached hydrogens (tertiary/aromatic N) is 1. The second kappa shape index (κ2) is 6.16. The van der Waals surface area contributed by atoms with Gasteiger partial charge in [-0.25, -0.2) is 0 Å². The number of hydrogen-bond donors (Lipinski definition) is 1. The summed E-state index contributed by atoms with van der Waals surface area (Å²) in [7, 11) is 0. The van der Waals surface area contributed by atoms with Gasteiger partial charge in [-0.05, 0) is 17.7 Å². The van der Waals surface area contributed by atoms with E-state index < -0.39 is 0 Å². The van der Waals surface area contributed by atoms with Crippen LogP contribution in [0.1, 0.15) is 11.6 Å². The van der Waals surface area contributed by atoms with Crippen molar-refractivity contribution in [2.75, 3.05) is 32.8 Å². The van der Waals surface area contributed by atoms with Gasteiger partial charge in [-0.1, -0.05) is 33.6 Å². The topological polar surface area (TPSA) is 38.5 Å². The summed E-state index contributed by atoms with van der Waals surface area (Å²) >= 11 is 9.69. The van der Waals surface area contributed by atoms with Crippen LogP contribution in [0.15, 0.2) is 22.7 Å². The minimum absolute atomic E-state index is 0.180. The highest BCUT2D eigenvalue weighted by molar-refractivity contribution is 9.10. The highest BCUT2D eigenvalue weighted by Crippen LogP contribution is 2.29. The smallest absolute Gasteiger partial charge is 0.0594 e. The first kappa shape index (κ1) is 13.3. The van der Waals surface area contributed by atoms with Crippen molar-refractivity contribution in [3.8, 4) is 0 Å². The lowest BCUT2D eigenvalue weighted by Gasteiger charge is -2.34. The summed E-state index contributed by atoms with van der Waals surface area (Å²) < 4.78 is 6.35. The van der Waals surface area contributed by atoms with Gasteiger partial charge in [0, 0.05) is 35.2 Å². The van der Waals surface area contributed by atoms with Crippen LogP contribution in [-0.4, -0.2) is 37.7 Å². The predicted molar refractivity (Wildman–Crippen MR) is 73.3 cm³/mol. The Kier molecular flexibility index (Phi) is 4.82. The maximum atomic E-state index is 6.28. The van der Waals surface area contributed by atoms with E-state index >= 15 is 0 Å². The fraction of sp³-hybridized carbons (Fsp3) is 0.500. The molecule has 1 aromatic rings. The first-order chi connectivity index (χ1) is 8.22. The van der Waals surface area contributed by atoms with Crippen molar-refractivity contribution in [3.05, 3.63) is 33.3 Å². The van der Waals surface area contributed by atoms with Gasteiger partial charge in [-0.15, -0.1) is 0 Å². The average molecular weight is 320 g/mol. The van der Waals surface area contributed by atoms with Gasteiger partial charge in [-0.2, -0.15) is 0 Å². The van der Waals surface area contributed by atoms with E-state index in [-0.39, 0.29) is 6.04 Å². The highest BCUT2D eigenvalue weighted by Gasteiger charge is 2.23. The SMILES string of the molecule is NCC(c1ccc(Br)cc1Cl)N1CCOCC1. The van der Waals surface area contributed by atoms with Crippen LogP contribution in [0.2, 0.25) is 5.02 Å². The van der Waals surface area contributed by atoms with Crippen molar-refractivity contribution in [1.82, 2.24) is 4.90 Å². The van der Waals surface area contributed by atoms with Crippen LogP contribution < -0.4 is 5.73 Å². The van der Waals surface area contributed by atoms with E-state index in [9.17, 15) is 0 Å². The largest absolute Gasteiger partial charge is 0.379 e. The Bertz CT molecular complexity index is 383. The van der Waals surface area contributed by atoms with Crippen LogP contribution in [-0.2, 0) is 4.74 Å². The Hall–Kier alpha value is -0.130. The number of morpholine rings is 1. The van der Waals surface area contributed by atoms with Gasteiger partial charge < -0.3 is 10.5 Å². The van der Waals surface area contributed by atoms with Gasteiger partial charge in [0.05, 0.1) is 13.2 Å². The van der Waals surface area contributed by atoms with E-state index in [1.807, 2.05) is 18.2 Å². The van der Waals surface area contributed by atoms with Crippen LogP contribution in [0.4, 0.5) is 0 Å². The van der Waals surface area contributed by atoms with Crippen molar-refractivity contribution in [2.24, 2.45) is 5.73 Å². The molecule has 5 heteroatoms. The van der Waals surface area contributed by atoms with Gasteiger partial charge in [0.15, 0.2) is 0 Å². The third kappa shape index (κ3) is 3.20. The van der Waals surface area contributed by atoms with Gasteiger partial charge in [0.2, 0.25) is 0 Å². The molecule has 0 bridgehead atoms. The molecule has 1 unspecified atom stereocenters. The molecule has 2 N–H and O–H groups in total. The molecule has 17 heavy (non-hydrogen) atoms. The molecule has 0 saturated carbocycles. The van der Waals surface area contributed by atoms with E-state index in [4.69, 9.17) is 22.1 Å². The van der Waals surface area contributed by atoms with Gasteiger partial charge in [0.25, 0.3) is 0 Å². The molecule has 1 aliphatic heterocycles. The molecule has 1 atom stereocenters. The average Bonchev–Trinajstić information content (AvgIpc) is 2.34. The van der Waals surface area contributed by atoms with Crippen LogP contribution in [0.25, 0.3) is 0 Å². The summed E-state index contributed by atoms with van der Waals surface area (Å²) in [5.74, 6) is 0. The van der Waals surface area contributed by atoms with Crippen LogP contribution in [0.3, 0.4) is 0 Å². The summed E-state index contributed by atoms with van der Waals surface area (Å²) in [6.45, 7) is 3.93. The zero-order valence-electron chi connectivity index (χ0n) is 9.53. The summed E-state index contributed by atoms with van der Waals surface area (Å²) in [5, 5.41) is 0.765. The Morgan fingerprint density at radius 2 is 2.12 bits per heavy atom. The van der Waals surface area contributed by atoms with E-state index in [0.717, 1.165) is 41.4 Å². The standard InChI is InChI=1S/C12H16BrClN2O/c13-9-1-2-10(11(14)7-9)12(8-15)16-3-5-17-6-4-16/h1-2,7,12H,3-6,8,15H2. The van der Waals surface area contributed by atoms with Crippen LogP contribution in [0, 0.1) is 0 Å². The Labute approximate surface area is 115 Å². The summed E-state index contributed by atoms with van der Waals surface area (Å²) in [4.78, 5) is 2.33. The third-order valence-electron chi connectivity index (χ3n) is 3.03. The minimum Gasteiger partial charge on any atom is -0.379 e. The molecule has 1 aromatic carbocycles. The minimum atomic E-state index is 0.180. The van der Waals surface area contributed by atoms with E-state index in [1.54, 1.807) is 0 Å². The number of halogens is 2. The first-order valence-electron chi connectivity index (χ1n) is 5.69. The Morgan fingerprint density at radius 3 is 2.71 bits per heavy atom. The Balaban J connectivity index is 2.21. The number of benzene rings is 1. The molecule has 1 saturated heterocycles. The van der Waals surface area contributed by atoms with Crippen molar-refractivity contribution >= 4 is 27.5 Å². The lowest BCUT2D eigenvalue weighted by atomic mass is 10.0. The second-order valence-corrected chi connectivity index (χ2v) is 5.39. The number of nitrogens with two attached hydrogens (primary N) is 1. The van der Waals surface area contributed by atoms with Crippen molar-refractivity contribution in [1.29, 1.82) is 0 Å². The van der Waals surface area contributed by atoms with Gasteiger partial charge in [0.1, 0.15) is 0 Å². The van der Waals surface area contributed by atoms with Crippen LogP contribution >= 0.6 is 27.5 Å². The second-order valence-electron chi connectivity index (χ2n) is 4.07. The molecule has 0 radical (unpaired) electrons. The molecule has 0 spiro atoms. The lowest BCUT2D eigenvalue weighted by molar-refractivity contribution is 0.0179. The molecular formula is C12H16BrClN2O. The molecule has 2 rings (SSSR count). The molecule has 0 aromatic heterocycles. The molecular weight excluding hydrogens is 304 g/mol. The van der Waals surface area contributed by atoms with Gasteiger partial charge in [-0.3, -0.25) is 4.90 Å². The number of ether oxygens (including phenoxy) is 1. The van der Waals surface area contributed by atoms with E-state index in [0.29, 0.717) is 6.54 Å². The molecule has 0 aliphatic carbocycles. The lowest BCUT2D eigenvalue weighted by Crippen LogP contribution is -2.41.